The first kappa shape index (κ1) is 19.1. The van der Waals surface area contributed by atoms with Crippen LogP contribution in [0, 0.1) is 39.0 Å². The third-order valence-electron chi connectivity index (χ3n) is 5.33. The predicted octanol–water partition coefficient (Wildman–Crippen LogP) is 2.21. The number of Topliss-reactive ketones (excluding diaryl/α,β-unsaturated/α-hetero) is 1. The first-order valence-corrected chi connectivity index (χ1v) is 9.13. The van der Waals surface area contributed by atoms with Gasteiger partial charge in [0.25, 0.3) is 5.56 Å². The van der Waals surface area contributed by atoms with E-state index in [0.717, 1.165) is 42.1 Å². The van der Waals surface area contributed by atoms with Gasteiger partial charge in [-0.25, -0.2) is 4.68 Å². The summed E-state index contributed by atoms with van der Waals surface area (Å²) in [6.07, 6.45) is 2.28. The zero-order valence-corrected chi connectivity index (χ0v) is 16.2. The van der Waals surface area contributed by atoms with E-state index in [9.17, 15) is 14.9 Å². The Kier molecular flexibility index (Phi) is 5.29. The molecule has 2 aromatic heterocycles. The van der Waals surface area contributed by atoms with E-state index in [1.54, 1.807) is 13.8 Å². The van der Waals surface area contributed by atoms with Gasteiger partial charge in [0, 0.05) is 30.1 Å². The molecule has 1 aliphatic rings. The molecule has 0 aromatic carbocycles. The summed E-state index contributed by atoms with van der Waals surface area (Å²) in [5.74, 6) is -0.191. The van der Waals surface area contributed by atoms with Gasteiger partial charge in [0.1, 0.15) is 18.2 Å². The zero-order valence-electron chi connectivity index (χ0n) is 16.2. The summed E-state index contributed by atoms with van der Waals surface area (Å²) in [6.45, 7) is 8.62. The van der Waals surface area contributed by atoms with Crippen LogP contribution in [0.3, 0.4) is 0 Å². The van der Waals surface area contributed by atoms with E-state index in [1.807, 2.05) is 26.0 Å². The lowest BCUT2D eigenvalue weighted by atomic mass is 10.1. The van der Waals surface area contributed by atoms with Crippen molar-refractivity contribution in [2.24, 2.45) is 0 Å². The first-order valence-electron chi connectivity index (χ1n) is 9.13. The highest BCUT2D eigenvalue weighted by Gasteiger charge is 2.22. The molecule has 0 saturated carbocycles. The van der Waals surface area contributed by atoms with E-state index in [-0.39, 0.29) is 24.0 Å². The summed E-state index contributed by atoms with van der Waals surface area (Å²) < 4.78 is 8.90. The third kappa shape index (κ3) is 3.58. The van der Waals surface area contributed by atoms with Crippen LogP contribution < -0.4 is 5.56 Å². The van der Waals surface area contributed by atoms with Crippen molar-refractivity contribution < 1.29 is 9.53 Å². The van der Waals surface area contributed by atoms with Crippen molar-refractivity contribution in [3.05, 3.63) is 50.2 Å². The lowest BCUT2D eigenvalue weighted by molar-refractivity contribution is 0.0945. The molecule has 2 aromatic rings. The summed E-state index contributed by atoms with van der Waals surface area (Å²) in [7, 11) is 0. The van der Waals surface area contributed by atoms with E-state index in [4.69, 9.17) is 4.74 Å². The molecule has 0 amide bonds. The molecule has 3 heterocycles. The van der Waals surface area contributed by atoms with Crippen LogP contribution in [-0.2, 0) is 17.8 Å². The molecule has 0 bridgehead atoms. The zero-order chi connectivity index (χ0) is 19.7. The Morgan fingerprint density at radius 3 is 2.74 bits per heavy atom. The number of rotatable bonds is 5. The summed E-state index contributed by atoms with van der Waals surface area (Å²) >= 11 is 0. The van der Waals surface area contributed by atoms with Gasteiger partial charge < -0.3 is 9.30 Å². The number of hydrogen-bond donors (Lipinski definition) is 0. The summed E-state index contributed by atoms with van der Waals surface area (Å²) in [5.41, 5.74) is 3.08. The fraction of sp³-hybridized carbons (Fsp3) is 0.500. The highest BCUT2D eigenvalue weighted by atomic mass is 16.5. The van der Waals surface area contributed by atoms with Crippen LogP contribution in [0.2, 0.25) is 0 Å². The van der Waals surface area contributed by atoms with Crippen LogP contribution in [0.4, 0.5) is 0 Å². The van der Waals surface area contributed by atoms with Crippen molar-refractivity contribution in [3.8, 4) is 6.07 Å². The first-order chi connectivity index (χ1) is 12.8. The maximum Gasteiger partial charge on any atom is 0.285 e. The van der Waals surface area contributed by atoms with Crippen molar-refractivity contribution >= 4 is 5.78 Å². The molecule has 1 unspecified atom stereocenters. The molecule has 7 heteroatoms. The van der Waals surface area contributed by atoms with Crippen LogP contribution in [0.15, 0.2) is 10.9 Å². The number of aromatic nitrogens is 3. The molecule has 1 saturated heterocycles. The van der Waals surface area contributed by atoms with Crippen molar-refractivity contribution in [1.29, 1.82) is 5.26 Å². The van der Waals surface area contributed by atoms with Gasteiger partial charge in [-0.05, 0) is 52.2 Å². The van der Waals surface area contributed by atoms with Crippen molar-refractivity contribution in [1.82, 2.24) is 14.3 Å². The smallest absolute Gasteiger partial charge is 0.285 e. The van der Waals surface area contributed by atoms with Crippen LogP contribution in [0.1, 0.15) is 51.4 Å². The molecule has 1 fully saturated rings. The van der Waals surface area contributed by atoms with E-state index in [2.05, 4.69) is 9.67 Å². The second kappa shape index (κ2) is 7.49. The molecule has 142 valence electrons. The number of carbonyl (C=O) groups excluding carboxylic acids is 1. The van der Waals surface area contributed by atoms with Crippen LogP contribution >= 0.6 is 0 Å². The molecule has 1 aliphatic heterocycles. The number of ketones is 1. The number of carbonyl (C=O) groups is 1. The number of hydrogen-bond acceptors (Lipinski definition) is 5. The Balaban J connectivity index is 1.88. The standard InChI is InChI=1S/C20H24N4O3/c1-12-8-17(15(4)23(12)10-16-6-5-7-27-16)19(25)11-24-20(26)18(9-21)13(2)14(3)22-24/h8,16H,5-7,10-11H2,1-4H3. The van der Waals surface area contributed by atoms with Crippen molar-refractivity contribution in [3.63, 3.8) is 0 Å². The molecule has 0 radical (unpaired) electrons. The van der Waals surface area contributed by atoms with E-state index in [1.165, 1.54) is 0 Å². The average molecular weight is 368 g/mol. The summed E-state index contributed by atoms with van der Waals surface area (Å²) in [4.78, 5) is 25.3. The minimum Gasteiger partial charge on any atom is -0.376 e. The number of nitriles is 1. The quantitative estimate of drug-likeness (QED) is 0.755. The van der Waals surface area contributed by atoms with E-state index < -0.39 is 5.56 Å². The molecule has 7 nitrogen and oxygen atoms in total. The molecular formula is C20H24N4O3. The lowest BCUT2D eigenvalue weighted by Crippen LogP contribution is -2.30. The maximum atomic E-state index is 12.9. The van der Waals surface area contributed by atoms with Crippen molar-refractivity contribution in [2.75, 3.05) is 6.61 Å². The molecule has 0 spiro atoms. The molecule has 3 rings (SSSR count). The molecule has 27 heavy (non-hydrogen) atoms. The van der Waals surface area contributed by atoms with E-state index >= 15 is 0 Å². The minimum atomic E-state index is -0.526. The second-order valence-corrected chi connectivity index (χ2v) is 7.11. The third-order valence-corrected chi connectivity index (χ3v) is 5.33. The van der Waals surface area contributed by atoms with Crippen LogP contribution in [0.25, 0.3) is 0 Å². The fourth-order valence-corrected chi connectivity index (χ4v) is 3.59. The topological polar surface area (TPSA) is 89.9 Å². The van der Waals surface area contributed by atoms with E-state index in [0.29, 0.717) is 16.8 Å². The summed E-state index contributed by atoms with van der Waals surface area (Å²) in [5, 5.41) is 13.4. The maximum absolute atomic E-state index is 12.9. The molecule has 1 atom stereocenters. The minimum absolute atomic E-state index is 0.0409. The second-order valence-electron chi connectivity index (χ2n) is 7.11. The highest BCUT2D eigenvalue weighted by Crippen LogP contribution is 2.21. The van der Waals surface area contributed by atoms with Crippen molar-refractivity contribution in [2.45, 2.75) is 59.7 Å². The number of ether oxygens (including phenoxy) is 1. The van der Waals surface area contributed by atoms with Crippen LogP contribution in [-0.4, -0.2) is 32.8 Å². The molecule has 0 N–H and O–H groups in total. The largest absolute Gasteiger partial charge is 0.376 e. The highest BCUT2D eigenvalue weighted by molar-refractivity contribution is 5.97. The van der Waals surface area contributed by atoms with Gasteiger partial charge in [0.05, 0.1) is 11.8 Å². The normalized spacial score (nSPS) is 16.5. The Bertz CT molecular complexity index is 988. The van der Waals surface area contributed by atoms with Gasteiger partial charge in [-0.3, -0.25) is 9.59 Å². The Labute approximate surface area is 158 Å². The van der Waals surface area contributed by atoms with Gasteiger partial charge in [0.2, 0.25) is 0 Å². The Morgan fingerprint density at radius 1 is 1.37 bits per heavy atom. The average Bonchev–Trinajstić information content (AvgIpc) is 3.24. The SMILES string of the molecule is Cc1nn(CC(=O)c2cc(C)n(CC3CCCO3)c2C)c(=O)c(C#N)c1C. The number of aryl methyl sites for hydroxylation is 2. The summed E-state index contributed by atoms with van der Waals surface area (Å²) in [6, 6.07) is 3.77. The van der Waals surface area contributed by atoms with Gasteiger partial charge in [-0.15, -0.1) is 0 Å². The number of nitrogens with zero attached hydrogens (tertiary/aromatic N) is 4. The molecule has 0 aliphatic carbocycles. The predicted molar refractivity (Wildman–Crippen MR) is 99.9 cm³/mol. The Morgan fingerprint density at radius 2 is 2.11 bits per heavy atom. The van der Waals surface area contributed by atoms with Gasteiger partial charge in [-0.2, -0.15) is 10.4 Å². The lowest BCUT2D eigenvalue weighted by Gasteiger charge is -2.15. The van der Waals surface area contributed by atoms with Gasteiger partial charge >= 0.3 is 0 Å². The van der Waals surface area contributed by atoms with Gasteiger partial charge in [0.15, 0.2) is 5.78 Å². The van der Waals surface area contributed by atoms with Crippen LogP contribution in [0.5, 0.6) is 0 Å². The van der Waals surface area contributed by atoms with Gasteiger partial charge in [-0.1, -0.05) is 0 Å². The Hall–Kier alpha value is -2.72. The molecular weight excluding hydrogens is 344 g/mol. The fourth-order valence-electron chi connectivity index (χ4n) is 3.59. The monoisotopic (exact) mass is 368 g/mol.